The molecule has 1 aromatic rings. The van der Waals surface area contributed by atoms with E-state index in [9.17, 15) is 15.2 Å². The monoisotopic (exact) mass is 308 g/mol. The molecule has 1 saturated carbocycles. The van der Waals surface area contributed by atoms with Crippen LogP contribution in [0.4, 0.5) is 5.69 Å². The van der Waals surface area contributed by atoms with Gasteiger partial charge in [-0.15, -0.1) is 0 Å². The predicted molar refractivity (Wildman–Crippen MR) is 83.9 cm³/mol. The van der Waals surface area contributed by atoms with Crippen LogP contribution in [0.5, 0.6) is 5.75 Å². The highest BCUT2D eigenvalue weighted by molar-refractivity contribution is 5.48. The van der Waals surface area contributed by atoms with Gasteiger partial charge in [0.25, 0.3) is 0 Å². The van der Waals surface area contributed by atoms with Crippen molar-refractivity contribution in [3.8, 4) is 5.75 Å². The molecule has 1 aliphatic rings. The van der Waals surface area contributed by atoms with Gasteiger partial charge < -0.3 is 14.7 Å². The third-order valence-corrected chi connectivity index (χ3v) is 4.31. The molecule has 1 aromatic carbocycles. The Morgan fingerprint density at radius 1 is 1.41 bits per heavy atom. The number of aliphatic hydroxyl groups excluding tert-OH is 1. The summed E-state index contributed by atoms with van der Waals surface area (Å²) >= 11 is 0. The minimum atomic E-state index is -0.440. The molecule has 2 unspecified atom stereocenters. The van der Waals surface area contributed by atoms with Crippen molar-refractivity contribution in [2.24, 2.45) is 5.92 Å². The van der Waals surface area contributed by atoms with Gasteiger partial charge in [0.15, 0.2) is 5.75 Å². The Kier molecular flexibility index (Phi) is 5.74. The van der Waals surface area contributed by atoms with E-state index >= 15 is 0 Å². The summed E-state index contributed by atoms with van der Waals surface area (Å²) in [5.74, 6) is 0.604. The fourth-order valence-corrected chi connectivity index (χ4v) is 3.15. The number of nitrogens with zero attached hydrogens (tertiary/aromatic N) is 2. The number of methoxy groups -OCH3 is 1. The lowest BCUT2D eigenvalue weighted by Gasteiger charge is -2.31. The first-order valence-electron chi connectivity index (χ1n) is 7.69. The fraction of sp³-hybridized carbons (Fsp3) is 0.625. The van der Waals surface area contributed by atoms with Gasteiger partial charge >= 0.3 is 5.69 Å². The second-order valence-electron chi connectivity index (χ2n) is 6.07. The summed E-state index contributed by atoms with van der Waals surface area (Å²) in [6.45, 7) is 1.51. The third kappa shape index (κ3) is 4.18. The second-order valence-corrected chi connectivity index (χ2v) is 6.07. The molecule has 2 rings (SSSR count). The van der Waals surface area contributed by atoms with Gasteiger partial charge in [0, 0.05) is 19.2 Å². The average molecular weight is 308 g/mol. The van der Waals surface area contributed by atoms with Gasteiger partial charge in [0.1, 0.15) is 0 Å². The van der Waals surface area contributed by atoms with Crippen molar-refractivity contribution in [1.82, 2.24) is 4.90 Å². The topological polar surface area (TPSA) is 75.8 Å². The van der Waals surface area contributed by atoms with Crippen LogP contribution in [0, 0.1) is 16.0 Å². The molecule has 0 spiro atoms. The molecule has 2 atom stereocenters. The number of rotatable bonds is 6. The molecule has 122 valence electrons. The molecule has 0 radical (unpaired) electrons. The van der Waals surface area contributed by atoms with Gasteiger partial charge in [0.2, 0.25) is 0 Å². The number of hydrogen-bond acceptors (Lipinski definition) is 5. The molecule has 0 amide bonds. The minimum Gasteiger partial charge on any atom is -0.490 e. The lowest BCUT2D eigenvalue weighted by molar-refractivity contribution is -0.385. The van der Waals surface area contributed by atoms with Gasteiger partial charge in [-0.2, -0.15) is 0 Å². The zero-order chi connectivity index (χ0) is 16.1. The van der Waals surface area contributed by atoms with Crippen LogP contribution in [0.25, 0.3) is 0 Å². The first-order valence-corrected chi connectivity index (χ1v) is 7.69. The highest BCUT2D eigenvalue weighted by atomic mass is 16.6. The van der Waals surface area contributed by atoms with Gasteiger partial charge in [-0.25, -0.2) is 0 Å². The van der Waals surface area contributed by atoms with E-state index < -0.39 is 4.92 Å². The Balaban J connectivity index is 1.99. The molecule has 1 fully saturated rings. The fourth-order valence-electron chi connectivity index (χ4n) is 3.15. The third-order valence-electron chi connectivity index (χ3n) is 4.31. The van der Waals surface area contributed by atoms with Crippen molar-refractivity contribution < 1.29 is 14.8 Å². The quantitative estimate of drug-likeness (QED) is 0.645. The van der Waals surface area contributed by atoms with Crippen molar-refractivity contribution >= 4 is 5.69 Å². The smallest absolute Gasteiger partial charge is 0.310 e. The van der Waals surface area contributed by atoms with E-state index in [1.165, 1.54) is 19.6 Å². The predicted octanol–water partition coefficient (Wildman–Crippen LogP) is 2.59. The van der Waals surface area contributed by atoms with Crippen LogP contribution < -0.4 is 4.74 Å². The molecular weight excluding hydrogens is 284 g/mol. The van der Waals surface area contributed by atoms with Gasteiger partial charge in [-0.05, 0) is 37.4 Å². The van der Waals surface area contributed by atoms with Crippen LogP contribution in [-0.2, 0) is 6.54 Å². The molecular formula is C16H24N2O4. The van der Waals surface area contributed by atoms with Crippen LogP contribution in [0.3, 0.4) is 0 Å². The van der Waals surface area contributed by atoms with Crippen LogP contribution in [-0.4, -0.2) is 41.7 Å². The Labute approximate surface area is 130 Å². The number of benzene rings is 1. The maximum Gasteiger partial charge on any atom is 0.310 e. The lowest BCUT2D eigenvalue weighted by Crippen LogP contribution is -2.34. The zero-order valence-corrected chi connectivity index (χ0v) is 13.2. The Morgan fingerprint density at radius 3 is 2.77 bits per heavy atom. The summed E-state index contributed by atoms with van der Waals surface area (Å²) in [4.78, 5) is 12.6. The number of hydrogen-bond donors (Lipinski definition) is 1. The van der Waals surface area contributed by atoms with E-state index in [1.807, 2.05) is 7.05 Å². The van der Waals surface area contributed by atoms with Crippen LogP contribution in [0.1, 0.15) is 31.2 Å². The molecule has 0 saturated heterocycles. The Bertz CT molecular complexity index is 521. The summed E-state index contributed by atoms with van der Waals surface area (Å²) in [6, 6.07) is 4.96. The van der Waals surface area contributed by atoms with E-state index in [0.717, 1.165) is 31.4 Å². The Morgan fingerprint density at radius 2 is 2.14 bits per heavy atom. The minimum absolute atomic E-state index is 0.0170. The summed E-state index contributed by atoms with van der Waals surface area (Å²) in [6.07, 6.45) is 4.04. The number of ether oxygens (including phenoxy) is 1. The van der Waals surface area contributed by atoms with Crippen molar-refractivity contribution in [2.45, 2.75) is 38.3 Å². The van der Waals surface area contributed by atoms with Crippen LogP contribution >= 0.6 is 0 Å². The molecule has 0 aliphatic heterocycles. The lowest BCUT2D eigenvalue weighted by atomic mass is 9.86. The first kappa shape index (κ1) is 16.7. The van der Waals surface area contributed by atoms with Gasteiger partial charge in [0.05, 0.1) is 18.1 Å². The van der Waals surface area contributed by atoms with Crippen molar-refractivity contribution in [1.29, 1.82) is 0 Å². The number of nitro groups is 1. The summed E-state index contributed by atoms with van der Waals surface area (Å²) in [5, 5.41) is 20.9. The van der Waals surface area contributed by atoms with Gasteiger partial charge in [-0.3, -0.25) is 10.1 Å². The molecule has 1 aliphatic carbocycles. The van der Waals surface area contributed by atoms with Crippen molar-refractivity contribution in [3.63, 3.8) is 0 Å². The maximum atomic E-state index is 10.9. The van der Waals surface area contributed by atoms with E-state index in [1.54, 1.807) is 12.1 Å². The summed E-state index contributed by atoms with van der Waals surface area (Å²) < 4.78 is 5.10. The average Bonchev–Trinajstić information content (AvgIpc) is 2.49. The van der Waals surface area contributed by atoms with Crippen molar-refractivity contribution in [2.75, 3.05) is 20.7 Å². The number of aliphatic hydroxyl groups is 1. The SMILES string of the molecule is COc1cc(CN(C)CC2CCCCC2O)ccc1[N+](=O)[O-]. The molecule has 1 N–H and O–H groups in total. The highest BCUT2D eigenvalue weighted by Gasteiger charge is 2.24. The largest absolute Gasteiger partial charge is 0.490 e. The van der Waals surface area contributed by atoms with Crippen LogP contribution in [0.15, 0.2) is 18.2 Å². The molecule has 6 nitrogen and oxygen atoms in total. The van der Waals surface area contributed by atoms with E-state index in [2.05, 4.69) is 4.90 Å². The normalized spacial score (nSPS) is 21.8. The van der Waals surface area contributed by atoms with E-state index in [0.29, 0.717) is 12.5 Å². The summed E-state index contributed by atoms with van der Waals surface area (Å²) in [7, 11) is 3.45. The Hall–Kier alpha value is -1.66. The first-order chi connectivity index (χ1) is 10.5. The molecule has 0 aromatic heterocycles. The van der Waals surface area contributed by atoms with Gasteiger partial charge in [-0.1, -0.05) is 18.9 Å². The standard InChI is InChI=1S/C16H24N2O4/c1-17(11-13-5-3-4-6-15(13)19)10-12-7-8-14(18(20)21)16(9-12)22-2/h7-9,13,15,19H,3-6,10-11H2,1-2H3. The molecule has 0 bridgehead atoms. The number of nitro benzene ring substituents is 1. The van der Waals surface area contributed by atoms with E-state index in [-0.39, 0.29) is 17.5 Å². The maximum absolute atomic E-state index is 10.9. The van der Waals surface area contributed by atoms with E-state index in [4.69, 9.17) is 4.74 Å². The zero-order valence-electron chi connectivity index (χ0n) is 13.2. The van der Waals surface area contributed by atoms with Crippen molar-refractivity contribution in [3.05, 3.63) is 33.9 Å². The molecule has 22 heavy (non-hydrogen) atoms. The van der Waals surface area contributed by atoms with Crippen LogP contribution in [0.2, 0.25) is 0 Å². The highest BCUT2D eigenvalue weighted by Crippen LogP contribution is 2.29. The summed E-state index contributed by atoms with van der Waals surface area (Å²) in [5.41, 5.74) is 0.951. The molecule has 0 heterocycles. The molecule has 6 heteroatoms. The second kappa shape index (κ2) is 7.56.